The van der Waals surface area contributed by atoms with Gasteiger partial charge in [-0.1, -0.05) is 0 Å². The Hall–Kier alpha value is -1.13. The molecule has 0 bridgehead atoms. The fraction of sp³-hybridized carbons (Fsp3) is 0.538. The topological polar surface area (TPSA) is 39.9 Å². The molecule has 3 rings (SSSR count). The first-order valence-corrected chi connectivity index (χ1v) is 6.81. The van der Waals surface area contributed by atoms with Gasteiger partial charge in [0.15, 0.2) is 5.65 Å². The minimum Gasteiger partial charge on any atom is -0.376 e. The van der Waals surface area contributed by atoms with Crippen LogP contribution in [0.1, 0.15) is 24.2 Å². The first-order valence-electron chi connectivity index (χ1n) is 6.28. The third kappa shape index (κ3) is 1.99. The quantitative estimate of drug-likeness (QED) is 0.801. The van der Waals surface area contributed by atoms with Gasteiger partial charge in [0, 0.05) is 12.8 Å². The molecule has 0 saturated carbocycles. The molecule has 4 nitrogen and oxygen atoms in total. The maximum atomic E-state index is 5.99. The molecular formula is C13H16ClN3O. The molecule has 0 aromatic carbocycles. The van der Waals surface area contributed by atoms with E-state index in [1.54, 1.807) is 0 Å². The second-order valence-corrected chi connectivity index (χ2v) is 4.97. The fourth-order valence-electron chi connectivity index (χ4n) is 2.47. The Bertz CT molecular complexity index is 561. The van der Waals surface area contributed by atoms with Crippen molar-refractivity contribution in [1.29, 1.82) is 0 Å². The highest BCUT2D eigenvalue weighted by atomic mass is 35.5. The Kier molecular flexibility index (Phi) is 3.22. The molecule has 3 heterocycles. The van der Waals surface area contributed by atoms with Gasteiger partial charge < -0.3 is 9.30 Å². The van der Waals surface area contributed by atoms with Crippen LogP contribution in [0.2, 0.25) is 0 Å². The second-order valence-electron chi connectivity index (χ2n) is 4.71. The maximum Gasteiger partial charge on any atom is 0.160 e. The van der Waals surface area contributed by atoms with Crippen molar-refractivity contribution < 1.29 is 4.74 Å². The summed E-state index contributed by atoms with van der Waals surface area (Å²) in [6.07, 6.45) is 4.34. The van der Waals surface area contributed by atoms with E-state index in [4.69, 9.17) is 16.3 Å². The number of rotatable bonds is 3. The van der Waals surface area contributed by atoms with Crippen molar-refractivity contribution in [3.63, 3.8) is 0 Å². The Balaban J connectivity index is 2.04. The molecule has 0 spiro atoms. The zero-order chi connectivity index (χ0) is 12.5. The van der Waals surface area contributed by atoms with Gasteiger partial charge in [-0.25, -0.2) is 9.97 Å². The van der Waals surface area contributed by atoms with Crippen LogP contribution in [0.15, 0.2) is 12.3 Å². The molecule has 1 fully saturated rings. The molecule has 1 aliphatic rings. The summed E-state index contributed by atoms with van der Waals surface area (Å²) in [5.41, 5.74) is 3.00. The number of pyridine rings is 1. The number of halogens is 1. The van der Waals surface area contributed by atoms with Crippen LogP contribution in [-0.2, 0) is 17.2 Å². The van der Waals surface area contributed by atoms with Crippen molar-refractivity contribution in [2.45, 2.75) is 38.3 Å². The van der Waals surface area contributed by atoms with E-state index in [1.807, 2.05) is 19.2 Å². The lowest BCUT2D eigenvalue weighted by molar-refractivity contribution is 0.0972. The molecule has 2 aromatic heterocycles. The number of alkyl halides is 1. The van der Waals surface area contributed by atoms with Crippen molar-refractivity contribution >= 4 is 22.8 Å². The number of hydrogen-bond acceptors (Lipinski definition) is 3. The van der Waals surface area contributed by atoms with E-state index in [0.29, 0.717) is 5.88 Å². The van der Waals surface area contributed by atoms with Crippen LogP contribution in [0.5, 0.6) is 0 Å². The third-order valence-electron chi connectivity index (χ3n) is 3.44. The summed E-state index contributed by atoms with van der Waals surface area (Å²) < 4.78 is 7.79. The number of hydrogen-bond donors (Lipinski definition) is 0. The predicted molar refractivity (Wildman–Crippen MR) is 70.8 cm³/mol. The van der Waals surface area contributed by atoms with Crippen molar-refractivity contribution in [2.75, 3.05) is 6.61 Å². The highest BCUT2D eigenvalue weighted by Gasteiger charge is 2.20. The molecule has 96 valence electrons. The molecule has 1 aliphatic heterocycles. The highest BCUT2D eigenvalue weighted by molar-refractivity contribution is 6.16. The molecular weight excluding hydrogens is 250 g/mol. The van der Waals surface area contributed by atoms with Crippen molar-refractivity contribution in [3.05, 3.63) is 23.7 Å². The maximum absolute atomic E-state index is 5.99. The van der Waals surface area contributed by atoms with Gasteiger partial charge in [-0.15, -0.1) is 11.6 Å². The SMILES string of the molecule is Cc1ccnc2c1nc(CCl)n2CC1CCCO1. The summed E-state index contributed by atoms with van der Waals surface area (Å²) in [5, 5.41) is 0. The Morgan fingerprint density at radius 3 is 3.17 bits per heavy atom. The molecule has 2 aromatic rings. The van der Waals surface area contributed by atoms with E-state index in [2.05, 4.69) is 14.5 Å². The van der Waals surface area contributed by atoms with Gasteiger partial charge >= 0.3 is 0 Å². The molecule has 0 radical (unpaired) electrons. The standard InChI is InChI=1S/C13H16ClN3O/c1-9-4-5-15-13-12(9)16-11(7-14)17(13)8-10-3-2-6-18-10/h4-5,10H,2-3,6-8H2,1H3. The van der Waals surface area contributed by atoms with E-state index < -0.39 is 0 Å². The molecule has 0 N–H and O–H groups in total. The molecule has 1 unspecified atom stereocenters. The minimum absolute atomic E-state index is 0.270. The molecule has 1 atom stereocenters. The Morgan fingerprint density at radius 2 is 2.44 bits per heavy atom. The van der Waals surface area contributed by atoms with E-state index in [0.717, 1.165) is 48.5 Å². The van der Waals surface area contributed by atoms with E-state index >= 15 is 0 Å². The average Bonchev–Trinajstić information content (AvgIpc) is 2.99. The molecule has 0 amide bonds. The summed E-state index contributed by atoms with van der Waals surface area (Å²) in [5.74, 6) is 1.28. The van der Waals surface area contributed by atoms with Gasteiger partial charge in [-0.05, 0) is 31.4 Å². The largest absolute Gasteiger partial charge is 0.376 e. The average molecular weight is 266 g/mol. The highest BCUT2D eigenvalue weighted by Crippen LogP contribution is 2.22. The lowest BCUT2D eigenvalue weighted by Crippen LogP contribution is -2.16. The summed E-state index contributed by atoms with van der Waals surface area (Å²) in [6.45, 7) is 3.71. The molecule has 0 aliphatic carbocycles. The van der Waals surface area contributed by atoms with Crippen molar-refractivity contribution in [2.24, 2.45) is 0 Å². The summed E-state index contributed by atoms with van der Waals surface area (Å²) in [7, 11) is 0. The fourth-order valence-corrected chi connectivity index (χ4v) is 2.67. The lowest BCUT2D eigenvalue weighted by atomic mass is 10.2. The second kappa shape index (κ2) is 4.86. The predicted octanol–water partition coefficient (Wildman–Crippen LogP) is 2.66. The summed E-state index contributed by atoms with van der Waals surface area (Å²) >= 11 is 5.99. The van der Waals surface area contributed by atoms with Crippen LogP contribution >= 0.6 is 11.6 Å². The number of aromatic nitrogens is 3. The van der Waals surface area contributed by atoms with Gasteiger partial charge in [-0.2, -0.15) is 0 Å². The first-order chi connectivity index (χ1) is 8.79. The zero-order valence-electron chi connectivity index (χ0n) is 10.4. The van der Waals surface area contributed by atoms with E-state index in [1.165, 1.54) is 0 Å². The van der Waals surface area contributed by atoms with Crippen molar-refractivity contribution in [1.82, 2.24) is 14.5 Å². The van der Waals surface area contributed by atoms with Crippen LogP contribution < -0.4 is 0 Å². The van der Waals surface area contributed by atoms with Gasteiger partial charge in [0.1, 0.15) is 11.3 Å². The van der Waals surface area contributed by atoms with Gasteiger partial charge in [0.05, 0.1) is 18.5 Å². The number of aryl methyl sites for hydroxylation is 1. The molecule has 1 saturated heterocycles. The molecule has 18 heavy (non-hydrogen) atoms. The Morgan fingerprint density at radius 1 is 1.56 bits per heavy atom. The van der Waals surface area contributed by atoms with Crippen LogP contribution in [0.4, 0.5) is 0 Å². The summed E-state index contributed by atoms with van der Waals surface area (Å²) in [6, 6.07) is 1.98. The van der Waals surface area contributed by atoms with Gasteiger partial charge in [0.2, 0.25) is 0 Å². The number of imidazole rings is 1. The van der Waals surface area contributed by atoms with E-state index in [-0.39, 0.29) is 6.10 Å². The van der Waals surface area contributed by atoms with Gasteiger partial charge in [-0.3, -0.25) is 0 Å². The Labute approximate surface area is 111 Å². The minimum atomic E-state index is 0.270. The van der Waals surface area contributed by atoms with Crippen LogP contribution in [0.25, 0.3) is 11.2 Å². The van der Waals surface area contributed by atoms with E-state index in [9.17, 15) is 0 Å². The number of nitrogens with zero attached hydrogens (tertiary/aromatic N) is 3. The number of ether oxygens (including phenoxy) is 1. The summed E-state index contributed by atoms with van der Waals surface area (Å²) in [4.78, 5) is 9.02. The van der Waals surface area contributed by atoms with Crippen LogP contribution in [-0.4, -0.2) is 27.2 Å². The zero-order valence-corrected chi connectivity index (χ0v) is 11.2. The van der Waals surface area contributed by atoms with Crippen LogP contribution in [0.3, 0.4) is 0 Å². The normalized spacial score (nSPS) is 19.8. The molecule has 5 heteroatoms. The van der Waals surface area contributed by atoms with Gasteiger partial charge in [0.25, 0.3) is 0 Å². The first kappa shape index (κ1) is 11.9. The third-order valence-corrected chi connectivity index (χ3v) is 3.68. The van der Waals surface area contributed by atoms with Crippen molar-refractivity contribution in [3.8, 4) is 0 Å². The lowest BCUT2D eigenvalue weighted by Gasteiger charge is -2.12. The number of fused-ring (bicyclic) bond motifs is 1. The van der Waals surface area contributed by atoms with Crippen LogP contribution in [0, 0.1) is 6.92 Å². The monoisotopic (exact) mass is 265 g/mol. The smallest absolute Gasteiger partial charge is 0.160 e.